The van der Waals surface area contributed by atoms with Gasteiger partial charge in [0.25, 0.3) is 0 Å². The van der Waals surface area contributed by atoms with Crippen molar-refractivity contribution in [1.29, 1.82) is 0 Å². The largest absolute Gasteiger partial charge is 0.454 e. The highest BCUT2D eigenvalue weighted by Gasteiger charge is 2.48. The molecule has 6 heteroatoms. The van der Waals surface area contributed by atoms with Crippen molar-refractivity contribution in [3.05, 3.63) is 35.4 Å². The Morgan fingerprint density at radius 2 is 2.10 bits per heavy atom. The molecular weight excluding hydrogens is 368 g/mol. The van der Waals surface area contributed by atoms with E-state index in [1.165, 1.54) is 11.1 Å². The number of carbonyl (C=O) groups is 1. The van der Waals surface area contributed by atoms with Crippen molar-refractivity contribution in [2.24, 2.45) is 5.92 Å². The lowest BCUT2D eigenvalue weighted by Crippen LogP contribution is -2.58. The number of hydrogen-bond donors (Lipinski definition) is 0. The molecule has 2 heterocycles. The first kappa shape index (κ1) is 20.2. The molecule has 1 aromatic carbocycles. The summed E-state index contributed by atoms with van der Waals surface area (Å²) in [6.07, 6.45) is 7.31. The first-order valence-electron chi connectivity index (χ1n) is 10.5. The zero-order chi connectivity index (χ0) is 20.6. The third kappa shape index (κ3) is 3.64. The lowest BCUT2D eigenvalue weighted by atomic mass is 9.65. The molecule has 158 valence electrons. The lowest BCUT2D eigenvalue weighted by Gasteiger charge is -2.51. The molecule has 2 aliphatic heterocycles. The minimum absolute atomic E-state index is 0.0101. The van der Waals surface area contributed by atoms with Crippen LogP contribution in [-0.4, -0.2) is 62.4 Å². The van der Waals surface area contributed by atoms with E-state index in [2.05, 4.69) is 43.0 Å². The number of rotatable bonds is 6. The Bertz CT molecular complexity index is 793. The number of benzene rings is 1. The topological polar surface area (TPSA) is 51.2 Å². The van der Waals surface area contributed by atoms with Crippen LogP contribution in [0.5, 0.6) is 11.5 Å². The first-order valence-corrected chi connectivity index (χ1v) is 10.5. The van der Waals surface area contributed by atoms with E-state index in [0.29, 0.717) is 5.92 Å². The summed E-state index contributed by atoms with van der Waals surface area (Å²) >= 11 is 0. The standard InChI is InChI=1S/C23H32N2O4/c1-16(2)6-8-25-12-17-9-20-21(29-15-28-20)11-19(17)23(13-25)7-5-18(27-4)10-22(23)24(3)14-26/h5,7,9,11,14,16,18,22H,6,8,10,12-13,15H2,1-4H3/t18-,22+,23+/m1/s1. The van der Waals surface area contributed by atoms with Gasteiger partial charge in [-0.1, -0.05) is 26.0 Å². The fraction of sp³-hybridized carbons (Fsp3) is 0.609. The second kappa shape index (κ2) is 8.00. The van der Waals surface area contributed by atoms with E-state index in [0.717, 1.165) is 50.4 Å². The Morgan fingerprint density at radius 3 is 2.79 bits per heavy atom. The summed E-state index contributed by atoms with van der Waals surface area (Å²) < 4.78 is 17.0. The third-order valence-electron chi connectivity index (χ3n) is 6.62. The zero-order valence-corrected chi connectivity index (χ0v) is 17.9. The van der Waals surface area contributed by atoms with Gasteiger partial charge in [0.1, 0.15) is 0 Å². The lowest BCUT2D eigenvalue weighted by molar-refractivity contribution is -0.121. The van der Waals surface area contributed by atoms with Crippen LogP contribution >= 0.6 is 0 Å². The van der Waals surface area contributed by atoms with Crippen LogP contribution in [0.2, 0.25) is 0 Å². The number of carbonyl (C=O) groups excluding carboxylic acids is 1. The minimum Gasteiger partial charge on any atom is -0.454 e. The van der Waals surface area contributed by atoms with Gasteiger partial charge < -0.3 is 19.1 Å². The van der Waals surface area contributed by atoms with Crippen LogP contribution in [0.25, 0.3) is 0 Å². The van der Waals surface area contributed by atoms with Crippen LogP contribution in [0, 0.1) is 5.92 Å². The van der Waals surface area contributed by atoms with Gasteiger partial charge in [0, 0.05) is 38.7 Å². The molecule has 1 spiro atoms. The van der Waals surface area contributed by atoms with Gasteiger partial charge in [0.15, 0.2) is 11.5 Å². The molecule has 6 nitrogen and oxygen atoms in total. The molecule has 3 atom stereocenters. The van der Waals surface area contributed by atoms with Gasteiger partial charge in [-0.2, -0.15) is 0 Å². The van der Waals surface area contributed by atoms with Gasteiger partial charge in [-0.05, 0) is 48.6 Å². The normalized spacial score (nSPS) is 28.0. The molecule has 0 fully saturated rings. The Balaban J connectivity index is 1.81. The summed E-state index contributed by atoms with van der Waals surface area (Å²) in [5, 5.41) is 0. The van der Waals surface area contributed by atoms with E-state index < -0.39 is 0 Å². The van der Waals surface area contributed by atoms with Crippen molar-refractivity contribution in [2.75, 3.05) is 34.0 Å². The van der Waals surface area contributed by atoms with Crippen molar-refractivity contribution in [3.63, 3.8) is 0 Å². The van der Waals surface area contributed by atoms with E-state index in [1.807, 2.05) is 11.9 Å². The first-order chi connectivity index (χ1) is 14.0. The number of hydrogen-bond acceptors (Lipinski definition) is 5. The highest BCUT2D eigenvalue weighted by molar-refractivity contribution is 5.57. The van der Waals surface area contributed by atoms with Crippen molar-refractivity contribution in [2.45, 2.75) is 50.8 Å². The molecule has 1 aromatic rings. The minimum atomic E-state index is -0.295. The summed E-state index contributed by atoms with van der Waals surface area (Å²) in [6, 6.07) is 4.28. The van der Waals surface area contributed by atoms with Crippen molar-refractivity contribution in [1.82, 2.24) is 9.80 Å². The predicted molar refractivity (Wildman–Crippen MR) is 111 cm³/mol. The molecule has 0 saturated heterocycles. The van der Waals surface area contributed by atoms with Crippen LogP contribution in [0.1, 0.15) is 37.8 Å². The Kier molecular flexibility index (Phi) is 5.58. The molecule has 3 aliphatic rings. The third-order valence-corrected chi connectivity index (χ3v) is 6.62. The van der Waals surface area contributed by atoms with Crippen molar-refractivity contribution < 1.29 is 19.0 Å². The van der Waals surface area contributed by atoms with E-state index in [4.69, 9.17) is 14.2 Å². The number of amides is 1. The molecule has 1 amide bonds. The van der Waals surface area contributed by atoms with E-state index in [1.54, 1.807) is 7.11 Å². The number of fused-ring (bicyclic) bond motifs is 3. The zero-order valence-electron chi connectivity index (χ0n) is 17.9. The quantitative estimate of drug-likeness (QED) is 0.543. The molecule has 0 bridgehead atoms. The summed E-state index contributed by atoms with van der Waals surface area (Å²) in [7, 11) is 3.61. The van der Waals surface area contributed by atoms with Gasteiger partial charge in [-0.3, -0.25) is 9.69 Å². The molecule has 0 radical (unpaired) electrons. The van der Waals surface area contributed by atoms with Gasteiger partial charge in [-0.15, -0.1) is 0 Å². The highest BCUT2D eigenvalue weighted by atomic mass is 16.7. The molecule has 0 saturated carbocycles. The van der Waals surface area contributed by atoms with E-state index in [9.17, 15) is 4.79 Å². The highest BCUT2D eigenvalue weighted by Crippen LogP contribution is 2.47. The maximum atomic E-state index is 11.8. The summed E-state index contributed by atoms with van der Waals surface area (Å²) in [5.74, 6) is 2.27. The number of ether oxygens (including phenoxy) is 3. The van der Waals surface area contributed by atoms with E-state index in [-0.39, 0.29) is 24.4 Å². The van der Waals surface area contributed by atoms with Crippen LogP contribution in [0.3, 0.4) is 0 Å². The molecule has 1 aliphatic carbocycles. The maximum absolute atomic E-state index is 11.8. The molecular formula is C23H32N2O4. The molecule has 4 rings (SSSR count). The molecule has 0 unspecified atom stereocenters. The van der Waals surface area contributed by atoms with E-state index >= 15 is 0 Å². The Labute approximate surface area is 173 Å². The molecule has 29 heavy (non-hydrogen) atoms. The Morgan fingerprint density at radius 1 is 1.34 bits per heavy atom. The average molecular weight is 401 g/mol. The van der Waals surface area contributed by atoms with Crippen LogP contribution in [-0.2, 0) is 21.5 Å². The van der Waals surface area contributed by atoms with Gasteiger partial charge in [0.2, 0.25) is 13.2 Å². The van der Waals surface area contributed by atoms with Gasteiger partial charge in [-0.25, -0.2) is 0 Å². The van der Waals surface area contributed by atoms with Gasteiger partial charge >= 0.3 is 0 Å². The van der Waals surface area contributed by atoms with Gasteiger partial charge in [0.05, 0.1) is 6.10 Å². The second-order valence-corrected chi connectivity index (χ2v) is 8.95. The average Bonchev–Trinajstić information content (AvgIpc) is 3.18. The Hall–Kier alpha value is -2.05. The number of likely N-dealkylation sites (N-methyl/N-ethyl adjacent to an activating group) is 1. The summed E-state index contributed by atoms with van der Waals surface area (Å²) in [6.45, 7) is 7.59. The molecule has 0 aromatic heterocycles. The fourth-order valence-electron chi connectivity index (χ4n) is 5.00. The number of nitrogens with zero attached hydrogens (tertiary/aromatic N) is 2. The smallest absolute Gasteiger partial charge is 0.231 e. The van der Waals surface area contributed by atoms with Crippen molar-refractivity contribution >= 4 is 6.41 Å². The monoisotopic (exact) mass is 400 g/mol. The summed E-state index contributed by atoms with van der Waals surface area (Å²) in [4.78, 5) is 16.2. The van der Waals surface area contributed by atoms with Crippen LogP contribution in [0.15, 0.2) is 24.3 Å². The predicted octanol–water partition coefficient (Wildman–Crippen LogP) is 2.95. The fourth-order valence-corrected chi connectivity index (χ4v) is 5.00. The number of methoxy groups -OCH3 is 1. The summed E-state index contributed by atoms with van der Waals surface area (Å²) in [5.41, 5.74) is 2.21. The van der Waals surface area contributed by atoms with Crippen LogP contribution in [0.4, 0.5) is 0 Å². The SMILES string of the molecule is CO[C@@H]1C=C[C@@]2(CN(CCC(C)C)Cc3cc4c(cc32)OCO4)[C@@H](N(C)C=O)C1. The van der Waals surface area contributed by atoms with Crippen LogP contribution < -0.4 is 9.47 Å². The second-order valence-electron chi connectivity index (χ2n) is 8.95. The van der Waals surface area contributed by atoms with Crippen molar-refractivity contribution in [3.8, 4) is 11.5 Å². The maximum Gasteiger partial charge on any atom is 0.231 e. The molecule has 0 N–H and O–H groups in total.